The standard InChI is InChI=1S/C12H9F3N2O2S/c1-6-2-3-7(12(13,14)15)4-8(6)16-11-17-9(5-20-11)10(18)19/h2-5H,1H3,(H,16,17)(H,18,19). The summed E-state index contributed by atoms with van der Waals surface area (Å²) in [5.41, 5.74) is -0.0843. The molecule has 2 N–H and O–H groups in total. The Morgan fingerprint density at radius 2 is 2.10 bits per heavy atom. The molecule has 0 bridgehead atoms. The molecular weight excluding hydrogens is 293 g/mol. The van der Waals surface area contributed by atoms with Gasteiger partial charge in [0.15, 0.2) is 10.8 Å². The third-order valence-corrected chi connectivity index (χ3v) is 3.29. The van der Waals surface area contributed by atoms with E-state index in [4.69, 9.17) is 5.11 Å². The number of carbonyl (C=O) groups is 1. The molecule has 0 saturated heterocycles. The molecule has 0 aliphatic heterocycles. The first-order valence-electron chi connectivity index (χ1n) is 5.41. The minimum absolute atomic E-state index is 0.151. The average Bonchev–Trinajstić information content (AvgIpc) is 2.79. The van der Waals surface area contributed by atoms with Crippen LogP contribution >= 0.6 is 11.3 Å². The highest BCUT2D eigenvalue weighted by Crippen LogP contribution is 2.33. The molecule has 106 valence electrons. The Hall–Kier alpha value is -2.09. The Morgan fingerprint density at radius 3 is 2.65 bits per heavy atom. The molecule has 1 heterocycles. The zero-order chi connectivity index (χ0) is 14.9. The number of aromatic carboxylic acids is 1. The van der Waals surface area contributed by atoms with Gasteiger partial charge in [0.05, 0.1) is 5.56 Å². The minimum Gasteiger partial charge on any atom is -0.476 e. The van der Waals surface area contributed by atoms with Crippen LogP contribution in [-0.2, 0) is 6.18 Å². The van der Waals surface area contributed by atoms with Crippen LogP contribution in [0.15, 0.2) is 23.6 Å². The van der Waals surface area contributed by atoms with Crippen LogP contribution in [0.1, 0.15) is 21.6 Å². The normalized spacial score (nSPS) is 11.4. The number of nitrogens with one attached hydrogen (secondary N) is 1. The van der Waals surface area contributed by atoms with Crippen LogP contribution < -0.4 is 5.32 Å². The van der Waals surface area contributed by atoms with Gasteiger partial charge in [0.1, 0.15) is 0 Å². The predicted molar refractivity (Wildman–Crippen MR) is 68.5 cm³/mol. The van der Waals surface area contributed by atoms with Crippen LogP contribution in [0, 0.1) is 6.92 Å². The van der Waals surface area contributed by atoms with E-state index in [0.29, 0.717) is 5.56 Å². The van der Waals surface area contributed by atoms with E-state index in [9.17, 15) is 18.0 Å². The number of carboxylic acids is 1. The molecule has 0 amide bonds. The lowest BCUT2D eigenvalue weighted by atomic mass is 10.1. The van der Waals surface area contributed by atoms with E-state index < -0.39 is 17.7 Å². The number of carboxylic acid groups (broad SMARTS) is 1. The maximum atomic E-state index is 12.6. The van der Waals surface area contributed by atoms with Gasteiger partial charge >= 0.3 is 12.1 Å². The molecule has 0 spiro atoms. The lowest BCUT2D eigenvalue weighted by Gasteiger charge is -2.11. The second kappa shape index (κ2) is 5.12. The first-order chi connectivity index (χ1) is 9.27. The van der Waals surface area contributed by atoms with Crippen molar-refractivity contribution in [1.29, 1.82) is 0 Å². The first-order valence-corrected chi connectivity index (χ1v) is 6.29. The van der Waals surface area contributed by atoms with Crippen molar-refractivity contribution in [3.63, 3.8) is 0 Å². The molecule has 2 aromatic rings. The monoisotopic (exact) mass is 302 g/mol. The average molecular weight is 302 g/mol. The fraction of sp³-hybridized carbons (Fsp3) is 0.167. The van der Waals surface area contributed by atoms with E-state index in [1.165, 1.54) is 11.4 Å². The Morgan fingerprint density at radius 1 is 1.40 bits per heavy atom. The summed E-state index contributed by atoms with van der Waals surface area (Å²) in [7, 11) is 0. The number of rotatable bonds is 3. The minimum atomic E-state index is -4.43. The summed E-state index contributed by atoms with van der Waals surface area (Å²) in [4.78, 5) is 14.5. The van der Waals surface area contributed by atoms with Crippen LogP contribution in [0.3, 0.4) is 0 Å². The van der Waals surface area contributed by atoms with Crippen molar-refractivity contribution in [2.75, 3.05) is 5.32 Å². The number of hydrogen-bond donors (Lipinski definition) is 2. The molecule has 0 saturated carbocycles. The van der Waals surface area contributed by atoms with Gasteiger partial charge in [-0.1, -0.05) is 6.07 Å². The molecule has 2 rings (SSSR count). The fourth-order valence-electron chi connectivity index (χ4n) is 1.48. The summed E-state index contributed by atoms with van der Waals surface area (Å²) in [6, 6.07) is 3.30. The van der Waals surface area contributed by atoms with Crippen molar-refractivity contribution in [2.45, 2.75) is 13.1 Å². The van der Waals surface area contributed by atoms with E-state index in [1.54, 1.807) is 6.92 Å². The summed E-state index contributed by atoms with van der Waals surface area (Å²) in [5, 5.41) is 13.0. The topological polar surface area (TPSA) is 62.2 Å². The molecule has 0 atom stereocenters. The molecule has 0 aliphatic carbocycles. The van der Waals surface area contributed by atoms with Gasteiger partial charge in [-0.2, -0.15) is 13.2 Å². The lowest BCUT2D eigenvalue weighted by molar-refractivity contribution is -0.137. The van der Waals surface area contributed by atoms with E-state index in [2.05, 4.69) is 10.3 Å². The maximum Gasteiger partial charge on any atom is 0.416 e. The van der Waals surface area contributed by atoms with Gasteiger partial charge in [-0.25, -0.2) is 9.78 Å². The first kappa shape index (κ1) is 14.3. The van der Waals surface area contributed by atoms with Gasteiger partial charge in [-0.05, 0) is 24.6 Å². The largest absolute Gasteiger partial charge is 0.476 e. The maximum absolute atomic E-state index is 12.6. The van der Waals surface area contributed by atoms with Gasteiger partial charge in [-0.15, -0.1) is 11.3 Å². The van der Waals surface area contributed by atoms with Crippen molar-refractivity contribution in [3.05, 3.63) is 40.4 Å². The van der Waals surface area contributed by atoms with E-state index >= 15 is 0 Å². The SMILES string of the molecule is Cc1ccc(C(F)(F)F)cc1Nc1nc(C(=O)O)cs1. The second-order valence-corrected chi connectivity index (χ2v) is 4.85. The van der Waals surface area contributed by atoms with Crippen molar-refractivity contribution >= 4 is 28.1 Å². The van der Waals surface area contributed by atoms with Gasteiger partial charge < -0.3 is 10.4 Å². The Bertz CT molecular complexity index is 652. The summed E-state index contributed by atoms with van der Waals surface area (Å²) in [6.07, 6.45) is -4.43. The summed E-state index contributed by atoms with van der Waals surface area (Å²) in [6.45, 7) is 1.65. The van der Waals surface area contributed by atoms with Crippen molar-refractivity contribution in [3.8, 4) is 0 Å². The third kappa shape index (κ3) is 3.08. The zero-order valence-electron chi connectivity index (χ0n) is 10.2. The number of anilines is 2. The van der Waals surface area contributed by atoms with Gasteiger partial charge in [0, 0.05) is 11.1 Å². The predicted octanol–water partition coefficient (Wildman–Crippen LogP) is 3.91. The Balaban J connectivity index is 2.30. The number of alkyl halides is 3. The molecule has 1 aromatic heterocycles. The van der Waals surface area contributed by atoms with E-state index in [0.717, 1.165) is 23.5 Å². The zero-order valence-corrected chi connectivity index (χ0v) is 11.0. The van der Waals surface area contributed by atoms with Crippen molar-refractivity contribution < 1.29 is 23.1 Å². The molecule has 4 nitrogen and oxygen atoms in total. The number of benzene rings is 1. The van der Waals surface area contributed by atoms with Crippen LogP contribution in [0.4, 0.5) is 24.0 Å². The smallest absolute Gasteiger partial charge is 0.416 e. The third-order valence-electron chi connectivity index (χ3n) is 2.53. The second-order valence-electron chi connectivity index (χ2n) is 4.00. The molecule has 1 aromatic carbocycles. The van der Waals surface area contributed by atoms with Crippen LogP contribution in [0.25, 0.3) is 0 Å². The summed E-state index contributed by atoms with van der Waals surface area (Å²) >= 11 is 1.01. The van der Waals surface area contributed by atoms with Crippen molar-refractivity contribution in [2.24, 2.45) is 0 Å². The number of thiazole rings is 1. The Kier molecular flexibility index (Phi) is 3.67. The highest BCUT2D eigenvalue weighted by Gasteiger charge is 2.30. The summed E-state index contributed by atoms with van der Waals surface area (Å²) in [5.74, 6) is -1.19. The van der Waals surface area contributed by atoms with Crippen LogP contribution in [-0.4, -0.2) is 16.1 Å². The molecule has 0 radical (unpaired) electrons. The van der Waals surface area contributed by atoms with E-state index in [-0.39, 0.29) is 16.5 Å². The van der Waals surface area contributed by atoms with Gasteiger partial charge in [-0.3, -0.25) is 0 Å². The number of aromatic nitrogens is 1. The molecule has 20 heavy (non-hydrogen) atoms. The Labute approximate surface area is 115 Å². The number of nitrogens with zero attached hydrogens (tertiary/aromatic N) is 1. The van der Waals surface area contributed by atoms with Crippen molar-refractivity contribution in [1.82, 2.24) is 4.98 Å². The van der Waals surface area contributed by atoms with Crippen LogP contribution in [0.5, 0.6) is 0 Å². The highest BCUT2D eigenvalue weighted by molar-refractivity contribution is 7.14. The molecule has 8 heteroatoms. The van der Waals surface area contributed by atoms with Gasteiger partial charge in [0.25, 0.3) is 0 Å². The van der Waals surface area contributed by atoms with Gasteiger partial charge in [0.2, 0.25) is 0 Å². The number of halogens is 3. The molecule has 0 unspecified atom stereocenters. The number of aryl methyl sites for hydroxylation is 1. The fourth-order valence-corrected chi connectivity index (χ4v) is 2.17. The summed E-state index contributed by atoms with van der Waals surface area (Å²) < 4.78 is 37.9. The number of hydrogen-bond acceptors (Lipinski definition) is 4. The molecule has 0 fully saturated rings. The van der Waals surface area contributed by atoms with Crippen LogP contribution in [0.2, 0.25) is 0 Å². The lowest BCUT2D eigenvalue weighted by Crippen LogP contribution is -2.06. The molecule has 0 aliphatic rings. The highest BCUT2D eigenvalue weighted by atomic mass is 32.1. The quantitative estimate of drug-likeness (QED) is 0.902. The molecular formula is C12H9F3N2O2S. The van der Waals surface area contributed by atoms with E-state index in [1.807, 2.05) is 0 Å².